The second kappa shape index (κ2) is 12.2. The maximum atomic E-state index is 13.3. The highest BCUT2D eigenvalue weighted by molar-refractivity contribution is 6.39. The van der Waals surface area contributed by atoms with Gasteiger partial charge in [-0.15, -0.1) is 0 Å². The first-order valence-corrected chi connectivity index (χ1v) is 16.5. The van der Waals surface area contributed by atoms with Crippen molar-refractivity contribution in [2.45, 2.75) is 57.0 Å². The Labute approximate surface area is 287 Å². The number of aliphatic hydroxyl groups is 2. The Hall–Kier alpha value is -3.84. The molecule has 7 rings (SSSR count). The molecule has 0 unspecified atom stereocenters. The molecule has 1 aliphatic heterocycles. The Morgan fingerprint density at radius 1 is 1.02 bits per heavy atom. The van der Waals surface area contributed by atoms with Crippen molar-refractivity contribution in [1.29, 1.82) is 0 Å². The first-order chi connectivity index (χ1) is 22.8. The molecule has 0 amide bonds. The molecular formula is C35H37Cl2N7O4. The van der Waals surface area contributed by atoms with Crippen LogP contribution in [0.5, 0.6) is 5.88 Å². The molecule has 3 N–H and O–H groups in total. The van der Waals surface area contributed by atoms with Gasteiger partial charge >= 0.3 is 0 Å². The van der Waals surface area contributed by atoms with E-state index >= 15 is 0 Å². The van der Waals surface area contributed by atoms with Crippen molar-refractivity contribution in [2.75, 3.05) is 20.2 Å². The van der Waals surface area contributed by atoms with E-state index in [1.165, 1.54) is 4.57 Å². The van der Waals surface area contributed by atoms with Gasteiger partial charge in [-0.2, -0.15) is 5.10 Å². The largest absolute Gasteiger partial charge is 0.481 e. The summed E-state index contributed by atoms with van der Waals surface area (Å²) >= 11 is 14.1. The molecule has 5 aromatic rings. The van der Waals surface area contributed by atoms with Gasteiger partial charge in [0.25, 0.3) is 5.56 Å². The third-order valence-corrected chi connectivity index (χ3v) is 10.0. The van der Waals surface area contributed by atoms with Crippen molar-refractivity contribution in [3.63, 3.8) is 0 Å². The van der Waals surface area contributed by atoms with Crippen LogP contribution in [0.2, 0.25) is 10.0 Å². The second-order valence-corrected chi connectivity index (χ2v) is 14.3. The van der Waals surface area contributed by atoms with Crippen LogP contribution < -0.4 is 15.6 Å². The number of likely N-dealkylation sites (tertiary alicyclic amines) is 1. The van der Waals surface area contributed by atoms with E-state index in [-0.39, 0.29) is 11.6 Å². The number of β-amino-alcohol motifs (C(OH)–C–C–N with tert-alkyl or cyclic N) is 1. The Morgan fingerprint density at radius 3 is 2.46 bits per heavy atom. The third kappa shape index (κ3) is 6.11. The summed E-state index contributed by atoms with van der Waals surface area (Å²) < 4.78 is 8.74. The van der Waals surface area contributed by atoms with Crippen LogP contribution in [0, 0.1) is 0 Å². The summed E-state index contributed by atoms with van der Waals surface area (Å²) in [6.45, 7) is 5.70. The van der Waals surface area contributed by atoms with Crippen LogP contribution in [-0.2, 0) is 20.1 Å². The zero-order valence-corrected chi connectivity index (χ0v) is 28.7. The highest BCUT2D eigenvalue weighted by atomic mass is 35.5. The third-order valence-electron chi connectivity index (χ3n) is 9.24. The highest BCUT2D eigenvalue weighted by Gasteiger charge is 2.38. The molecule has 2 aliphatic rings. The zero-order chi connectivity index (χ0) is 34.0. The van der Waals surface area contributed by atoms with Gasteiger partial charge in [0.05, 0.1) is 46.3 Å². The minimum absolute atomic E-state index is 0.192. The summed E-state index contributed by atoms with van der Waals surface area (Å²) in [4.78, 5) is 24.7. The monoisotopic (exact) mass is 689 g/mol. The number of methoxy groups -OCH3 is 1. The number of rotatable bonds is 9. The lowest BCUT2D eigenvalue weighted by Gasteiger charge is -2.44. The number of hydrogen-bond donors (Lipinski definition) is 3. The van der Waals surface area contributed by atoms with Gasteiger partial charge in [0.2, 0.25) is 5.88 Å². The average molecular weight is 691 g/mol. The van der Waals surface area contributed by atoms with Gasteiger partial charge in [-0.3, -0.25) is 19.2 Å². The molecule has 5 heterocycles. The molecule has 250 valence electrons. The number of halogens is 2. The molecule has 11 nitrogen and oxygen atoms in total. The van der Waals surface area contributed by atoms with E-state index in [4.69, 9.17) is 38.0 Å². The molecule has 13 heteroatoms. The van der Waals surface area contributed by atoms with Crippen LogP contribution in [0.4, 0.5) is 0 Å². The fourth-order valence-electron chi connectivity index (χ4n) is 6.79. The quantitative estimate of drug-likeness (QED) is 0.202. The van der Waals surface area contributed by atoms with Crippen molar-refractivity contribution >= 4 is 28.7 Å². The summed E-state index contributed by atoms with van der Waals surface area (Å²) in [5, 5.41) is 29.2. The topological polar surface area (TPSA) is 130 Å². The summed E-state index contributed by atoms with van der Waals surface area (Å²) in [5.41, 5.74) is 3.69. The molecule has 1 saturated heterocycles. The molecule has 2 fully saturated rings. The fraction of sp³-hybridized carbons (Fsp3) is 0.371. The van der Waals surface area contributed by atoms with Crippen molar-refractivity contribution in [3.8, 4) is 39.5 Å². The number of aromatic nitrogens is 5. The lowest BCUT2D eigenvalue weighted by molar-refractivity contribution is -0.0885. The Balaban J connectivity index is 1.18. The van der Waals surface area contributed by atoms with E-state index in [9.17, 15) is 15.0 Å². The minimum Gasteiger partial charge on any atom is -0.481 e. The van der Waals surface area contributed by atoms with Gasteiger partial charge in [-0.1, -0.05) is 47.5 Å². The molecule has 1 aromatic carbocycles. The Kier molecular flexibility index (Phi) is 8.34. The molecule has 48 heavy (non-hydrogen) atoms. The first-order valence-electron chi connectivity index (χ1n) is 15.8. The van der Waals surface area contributed by atoms with Gasteiger partial charge in [-0.05, 0) is 44.9 Å². The second-order valence-electron chi connectivity index (χ2n) is 13.5. The highest BCUT2D eigenvalue weighted by Crippen LogP contribution is 2.42. The van der Waals surface area contributed by atoms with Crippen molar-refractivity contribution in [1.82, 2.24) is 34.4 Å². The molecule has 0 spiro atoms. The molecule has 0 bridgehead atoms. The SMILES string of the molecule is COc1nc(-c2cccc(-c3ccnc(-c4cc5c(=O)n(C)c(CN6CC(C)(O)C6)nn5c4)c3Cl)c2Cl)ccc1CNC1CC(C)(O)C1. The number of hydrogen-bond acceptors (Lipinski definition) is 9. The molecule has 0 radical (unpaired) electrons. The van der Waals surface area contributed by atoms with Gasteiger partial charge in [0, 0.05) is 72.9 Å². The van der Waals surface area contributed by atoms with E-state index in [2.05, 4.69) is 10.3 Å². The normalized spacial score (nSPS) is 20.5. The van der Waals surface area contributed by atoms with E-state index in [0.29, 0.717) is 94.4 Å². The van der Waals surface area contributed by atoms with E-state index < -0.39 is 11.2 Å². The van der Waals surface area contributed by atoms with Gasteiger partial charge in [0.15, 0.2) is 0 Å². The van der Waals surface area contributed by atoms with Crippen LogP contribution in [0.1, 0.15) is 38.1 Å². The van der Waals surface area contributed by atoms with E-state index in [1.54, 1.807) is 44.1 Å². The lowest BCUT2D eigenvalue weighted by Crippen LogP contribution is -2.59. The number of ether oxygens (including phenoxy) is 1. The van der Waals surface area contributed by atoms with Crippen LogP contribution in [0.3, 0.4) is 0 Å². The van der Waals surface area contributed by atoms with Crippen molar-refractivity contribution in [3.05, 3.63) is 86.6 Å². The van der Waals surface area contributed by atoms with Crippen LogP contribution in [-0.4, -0.2) is 76.7 Å². The molecule has 1 saturated carbocycles. The van der Waals surface area contributed by atoms with Crippen LogP contribution in [0.25, 0.3) is 39.2 Å². The number of benzene rings is 1. The van der Waals surface area contributed by atoms with Gasteiger partial charge in [0.1, 0.15) is 11.3 Å². The number of nitrogens with one attached hydrogen (secondary N) is 1. The molecule has 4 aromatic heterocycles. The fourth-order valence-corrected chi connectivity index (χ4v) is 7.44. The minimum atomic E-state index is -0.717. The Bertz CT molecular complexity index is 2090. The van der Waals surface area contributed by atoms with Crippen molar-refractivity contribution < 1.29 is 14.9 Å². The lowest BCUT2D eigenvalue weighted by atomic mass is 9.77. The maximum Gasteiger partial charge on any atom is 0.277 e. The summed E-state index contributed by atoms with van der Waals surface area (Å²) in [6, 6.07) is 13.4. The van der Waals surface area contributed by atoms with E-state index in [0.717, 1.165) is 11.1 Å². The Morgan fingerprint density at radius 2 is 1.75 bits per heavy atom. The van der Waals surface area contributed by atoms with Crippen LogP contribution in [0.15, 0.2) is 59.7 Å². The summed E-state index contributed by atoms with van der Waals surface area (Å²) in [7, 11) is 3.29. The average Bonchev–Trinajstić information content (AvgIpc) is 3.45. The summed E-state index contributed by atoms with van der Waals surface area (Å²) in [6.07, 6.45) is 4.84. The number of nitrogens with zero attached hydrogens (tertiary/aromatic N) is 6. The molecule has 0 atom stereocenters. The van der Waals surface area contributed by atoms with Gasteiger partial charge < -0.3 is 20.3 Å². The number of pyridine rings is 2. The van der Waals surface area contributed by atoms with Crippen molar-refractivity contribution in [2.24, 2.45) is 7.05 Å². The smallest absolute Gasteiger partial charge is 0.277 e. The maximum absolute atomic E-state index is 13.3. The predicted octanol–water partition coefficient (Wildman–Crippen LogP) is 4.71. The predicted molar refractivity (Wildman–Crippen MR) is 185 cm³/mol. The molecule has 1 aliphatic carbocycles. The summed E-state index contributed by atoms with van der Waals surface area (Å²) in [5.74, 6) is 1.08. The van der Waals surface area contributed by atoms with Gasteiger partial charge in [-0.25, -0.2) is 9.50 Å². The zero-order valence-electron chi connectivity index (χ0n) is 27.2. The van der Waals surface area contributed by atoms with Crippen LogP contribution >= 0.6 is 23.2 Å². The molecular weight excluding hydrogens is 653 g/mol. The number of fused-ring (bicyclic) bond motifs is 1. The van der Waals surface area contributed by atoms with E-state index in [1.807, 2.05) is 48.2 Å². The first kappa shape index (κ1) is 32.7. The standard InChI is InChI=1S/C35H37Cl2N7O4/c1-34(46)13-22(14-34)39-15-20-8-9-26(40-32(20)48-4)25-7-5-6-23(29(25)36)24-10-11-38-31(30(24)37)21-12-27-33(45)42(3)28(41-44(27)16-21)17-43-18-35(2,47)19-43/h5-12,16,22,39,46-47H,13-15,17-19H2,1-4H3.